The van der Waals surface area contributed by atoms with E-state index in [4.69, 9.17) is 19.4 Å². The highest BCUT2D eigenvalue weighted by atomic mass is 32.1. The average molecular weight is 769 g/mol. The number of aryl methyl sites for hydroxylation is 2. The van der Waals surface area contributed by atoms with E-state index in [-0.39, 0.29) is 48.7 Å². The number of carbonyl (C=O) groups is 3. The van der Waals surface area contributed by atoms with Gasteiger partial charge in [-0.05, 0) is 87.3 Å². The monoisotopic (exact) mass is 768 g/mol. The fraction of sp³-hybridized carbons (Fsp3) is 0.465. The predicted molar refractivity (Wildman–Crippen MR) is 211 cm³/mol. The summed E-state index contributed by atoms with van der Waals surface area (Å²) in [6.45, 7) is 7.93. The minimum Gasteiger partial charge on any atom is -0.496 e. The molecule has 12 heteroatoms. The van der Waals surface area contributed by atoms with Crippen LogP contribution in [0.15, 0.2) is 53.9 Å². The maximum absolute atomic E-state index is 14.7. The number of allylic oxidation sites excluding steroid dienone is 2. The van der Waals surface area contributed by atoms with Crippen LogP contribution in [0.3, 0.4) is 0 Å². The van der Waals surface area contributed by atoms with Crippen LogP contribution in [0.1, 0.15) is 88.0 Å². The van der Waals surface area contributed by atoms with Crippen LogP contribution in [-0.4, -0.2) is 69.5 Å². The van der Waals surface area contributed by atoms with E-state index >= 15 is 0 Å². The van der Waals surface area contributed by atoms with Crippen molar-refractivity contribution in [1.29, 1.82) is 0 Å². The van der Waals surface area contributed by atoms with E-state index in [1.54, 1.807) is 31.1 Å². The summed E-state index contributed by atoms with van der Waals surface area (Å²) in [6, 6.07) is 8.76. The Morgan fingerprint density at radius 1 is 1.09 bits per heavy atom. The number of methoxy groups -OCH3 is 1. The number of nitrogens with one attached hydrogen (secondary N) is 1. The lowest BCUT2D eigenvalue weighted by molar-refractivity contribution is -0.147. The zero-order chi connectivity index (χ0) is 39.0. The summed E-state index contributed by atoms with van der Waals surface area (Å²) in [5.41, 5.74) is 3.04. The highest BCUT2D eigenvalue weighted by molar-refractivity contribution is 7.13. The van der Waals surface area contributed by atoms with Crippen molar-refractivity contribution in [2.75, 3.05) is 19.0 Å². The standard InChI is InChI=1S/C43H49FN4O6S/c1-24(2)34-23-55-40(47-34)33-19-38(30-14-16-37(53-5)26(4)39(30)46-33)54-29-18-35-36(49)21-43(42(51)52)20-27(43)11-9-7-6-8-10-12-32(41(50)48(35)22-29)45-28-13-15-31(44)25(3)17-28/h9,11,13-17,19,23-24,27,29,32,35,45H,6-8,10,12,18,20-22H2,1-5H3,(H,51,52)/b11-9-/t27-,29+,32-,35-,43+/m0/s1. The summed E-state index contributed by atoms with van der Waals surface area (Å²) >= 11 is 1.51. The number of fused-ring (bicyclic) bond motifs is 3. The largest absolute Gasteiger partial charge is 0.496 e. The Balaban J connectivity index is 1.25. The molecule has 2 aliphatic heterocycles. The molecule has 55 heavy (non-hydrogen) atoms. The Kier molecular flexibility index (Phi) is 11.0. The second-order valence-electron chi connectivity index (χ2n) is 15.7. The third-order valence-corrected chi connectivity index (χ3v) is 12.4. The van der Waals surface area contributed by atoms with Crippen molar-refractivity contribution in [2.24, 2.45) is 11.3 Å². The molecule has 4 aromatic rings. The molecule has 4 heterocycles. The fourth-order valence-electron chi connectivity index (χ4n) is 8.07. The SMILES string of the molecule is COc1ccc2c(O[C@@H]3C[C@H]4C(=O)C[C@]5(C(=O)O)C[C@@H]5/C=C\CCCCC[C@H](Nc5ccc(F)c(C)c5)C(=O)N4C3)cc(-c3nc(C(C)C)cs3)nc2c1C. The van der Waals surface area contributed by atoms with Gasteiger partial charge in [-0.1, -0.05) is 38.8 Å². The minimum atomic E-state index is -1.18. The van der Waals surface area contributed by atoms with E-state index in [2.05, 4.69) is 19.2 Å². The molecule has 2 fully saturated rings. The first-order valence-corrected chi connectivity index (χ1v) is 20.1. The van der Waals surface area contributed by atoms with Crippen molar-refractivity contribution in [3.05, 3.63) is 76.6 Å². The molecular formula is C43H49FN4O6S. The summed E-state index contributed by atoms with van der Waals surface area (Å²) in [7, 11) is 1.62. The number of amides is 1. The zero-order valence-corrected chi connectivity index (χ0v) is 32.9. The summed E-state index contributed by atoms with van der Waals surface area (Å²) in [5, 5.41) is 17.3. The maximum atomic E-state index is 14.7. The van der Waals surface area contributed by atoms with Crippen molar-refractivity contribution in [1.82, 2.24) is 14.9 Å². The number of ether oxygens (including phenoxy) is 2. The number of carboxylic acids is 1. The van der Waals surface area contributed by atoms with E-state index in [1.807, 2.05) is 42.7 Å². The Labute approximate surface area is 325 Å². The first-order valence-electron chi connectivity index (χ1n) is 19.2. The molecule has 1 amide bonds. The number of halogens is 1. The topological polar surface area (TPSA) is 131 Å². The molecule has 290 valence electrons. The number of benzene rings is 2. The molecule has 1 saturated heterocycles. The quantitative estimate of drug-likeness (QED) is 0.169. The molecule has 2 N–H and O–H groups in total. The lowest BCUT2D eigenvalue weighted by Gasteiger charge is -2.29. The molecule has 1 aliphatic carbocycles. The lowest BCUT2D eigenvalue weighted by atomic mass is 9.92. The van der Waals surface area contributed by atoms with Crippen LogP contribution >= 0.6 is 11.3 Å². The fourth-order valence-corrected chi connectivity index (χ4v) is 9.01. The molecule has 2 aromatic heterocycles. The second kappa shape index (κ2) is 15.7. The number of anilines is 1. The number of aliphatic carboxylic acids is 1. The van der Waals surface area contributed by atoms with E-state index < -0.39 is 29.6 Å². The van der Waals surface area contributed by atoms with Crippen LogP contribution in [0.25, 0.3) is 21.6 Å². The molecule has 5 atom stereocenters. The van der Waals surface area contributed by atoms with Crippen LogP contribution in [-0.2, 0) is 14.4 Å². The molecule has 0 radical (unpaired) electrons. The van der Waals surface area contributed by atoms with Gasteiger partial charge in [0, 0.05) is 40.9 Å². The van der Waals surface area contributed by atoms with Crippen LogP contribution in [0, 0.1) is 31.0 Å². The second-order valence-corrected chi connectivity index (χ2v) is 16.5. The summed E-state index contributed by atoms with van der Waals surface area (Å²) in [6.07, 6.45) is 7.68. The lowest BCUT2D eigenvalue weighted by Crippen LogP contribution is -2.48. The molecule has 7 rings (SSSR count). The maximum Gasteiger partial charge on any atom is 0.310 e. The Morgan fingerprint density at radius 2 is 1.91 bits per heavy atom. The number of thiazole rings is 1. The van der Waals surface area contributed by atoms with Gasteiger partial charge >= 0.3 is 5.97 Å². The number of nitrogens with zero attached hydrogens (tertiary/aromatic N) is 3. The Hall–Kier alpha value is -4.84. The van der Waals surface area contributed by atoms with Crippen LogP contribution in [0.2, 0.25) is 0 Å². The van der Waals surface area contributed by atoms with Crippen molar-refractivity contribution in [3.8, 4) is 22.2 Å². The predicted octanol–water partition coefficient (Wildman–Crippen LogP) is 8.65. The average Bonchev–Trinajstić information content (AvgIpc) is 3.45. The summed E-state index contributed by atoms with van der Waals surface area (Å²) in [4.78, 5) is 53.2. The number of hydrogen-bond acceptors (Lipinski definition) is 9. The molecule has 10 nitrogen and oxygen atoms in total. The first kappa shape index (κ1) is 38.4. The molecule has 1 saturated carbocycles. The summed E-state index contributed by atoms with van der Waals surface area (Å²) in [5.74, 6) is -0.617. The number of hydrogen-bond donors (Lipinski definition) is 2. The highest BCUT2D eigenvalue weighted by Gasteiger charge is 2.61. The van der Waals surface area contributed by atoms with Gasteiger partial charge in [0.2, 0.25) is 5.91 Å². The number of aromatic nitrogens is 2. The minimum absolute atomic E-state index is 0.127. The van der Waals surface area contributed by atoms with E-state index in [0.29, 0.717) is 46.8 Å². The van der Waals surface area contributed by atoms with Gasteiger partial charge in [0.15, 0.2) is 5.78 Å². The van der Waals surface area contributed by atoms with Gasteiger partial charge in [0.25, 0.3) is 0 Å². The van der Waals surface area contributed by atoms with Crippen molar-refractivity contribution in [2.45, 2.75) is 103 Å². The van der Waals surface area contributed by atoms with E-state index in [9.17, 15) is 23.9 Å². The summed E-state index contributed by atoms with van der Waals surface area (Å²) < 4.78 is 26.7. The van der Waals surface area contributed by atoms with Gasteiger partial charge in [-0.15, -0.1) is 11.3 Å². The number of carboxylic acid groups (broad SMARTS) is 1. The van der Waals surface area contributed by atoms with Gasteiger partial charge in [-0.3, -0.25) is 14.4 Å². The molecule has 0 bridgehead atoms. The van der Waals surface area contributed by atoms with Gasteiger partial charge in [-0.2, -0.15) is 0 Å². The number of ketones is 1. The highest BCUT2D eigenvalue weighted by Crippen LogP contribution is 2.57. The van der Waals surface area contributed by atoms with Gasteiger partial charge < -0.3 is 24.8 Å². The van der Waals surface area contributed by atoms with Gasteiger partial charge in [-0.25, -0.2) is 14.4 Å². The molecule has 2 aromatic carbocycles. The number of carbonyl (C=O) groups excluding carboxylic acids is 2. The van der Waals surface area contributed by atoms with Crippen molar-refractivity contribution < 1.29 is 33.4 Å². The molecular weight excluding hydrogens is 720 g/mol. The van der Waals surface area contributed by atoms with Crippen molar-refractivity contribution >= 4 is 45.6 Å². The third kappa shape index (κ3) is 7.83. The normalized spacial score (nSPS) is 25.2. The van der Waals surface area contributed by atoms with Crippen molar-refractivity contribution in [3.63, 3.8) is 0 Å². The Bertz CT molecular complexity index is 2150. The third-order valence-electron chi connectivity index (χ3n) is 11.5. The van der Waals surface area contributed by atoms with E-state index in [1.165, 1.54) is 17.4 Å². The zero-order valence-electron chi connectivity index (χ0n) is 32.1. The Morgan fingerprint density at radius 3 is 2.64 bits per heavy atom. The van der Waals surface area contributed by atoms with Gasteiger partial charge in [0.1, 0.15) is 40.2 Å². The number of pyridine rings is 1. The molecule has 0 spiro atoms. The van der Waals surface area contributed by atoms with Crippen LogP contribution < -0.4 is 14.8 Å². The van der Waals surface area contributed by atoms with Gasteiger partial charge in [0.05, 0.1) is 36.3 Å². The van der Waals surface area contributed by atoms with E-state index in [0.717, 1.165) is 47.3 Å². The molecule has 3 aliphatic rings. The smallest absolute Gasteiger partial charge is 0.310 e. The molecule has 0 unspecified atom stereocenters. The first-order chi connectivity index (χ1) is 26.4. The van der Waals surface area contributed by atoms with Crippen LogP contribution in [0.4, 0.5) is 10.1 Å². The number of Topliss-reactive ketones (excluding diaryl/α,β-unsaturated/α-hetero) is 1. The van der Waals surface area contributed by atoms with Crippen LogP contribution in [0.5, 0.6) is 11.5 Å². The number of rotatable bonds is 8.